The van der Waals surface area contributed by atoms with E-state index in [9.17, 15) is 8.78 Å². The zero-order valence-electron chi connectivity index (χ0n) is 18.1. The third-order valence-electron chi connectivity index (χ3n) is 4.69. The van der Waals surface area contributed by atoms with Crippen LogP contribution >= 0.6 is 15.9 Å². The van der Waals surface area contributed by atoms with Crippen molar-refractivity contribution in [2.75, 3.05) is 5.73 Å². The maximum Gasteiger partial charge on any atom is 0.273 e. The van der Waals surface area contributed by atoms with Gasteiger partial charge in [-0.1, -0.05) is 32.0 Å². The highest BCUT2D eigenvalue weighted by atomic mass is 79.9. The summed E-state index contributed by atoms with van der Waals surface area (Å²) in [6.07, 6.45) is 1.28. The lowest BCUT2D eigenvalue weighted by Crippen LogP contribution is -2.24. The van der Waals surface area contributed by atoms with Gasteiger partial charge in [0.05, 0.1) is 17.4 Å². The molecule has 0 fully saturated rings. The number of nitrogens with zero attached hydrogens (tertiary/aromatic N) is 4. The van der Waals surface area contributed by atoms with E-state index < -0.39 is 5.92 Å². The lowest BCUT2D eigenvalue weighted by Gasteiger charge is -2.11. The number of nitrogens with two attached hydrogens (primary N) is 1. The molecule has 31 heavy (non-hydrogen) atoms. The quantitative estimate of drug-likeness (QED) is 0.442. The molecule has 0 saturated heterocycles. The molecule has 166 valence electrons. The fourth-order valence-electron chi connectivity index (χ4n) is 3.28. The van der Waals surface area contributed by atoms with E-state index in [1.54, 1.807) is 32.0 Å². The van der Waals surface area contributed by atoms with Crippen molar-refractivity contribution in [3.05, 3.63) is 57.0 Å². The van der Waals surface area contributed by atoms with E-state index in [0.29, 0.717) is 39.4 Å². The SMILES string of the molecule is CC.CC(=NCc1cccc2c1CCC2(F)F)N=C(C)N=c1ccc(Br)c(N)n1C=N. The topological polar surface area (TPSA) is 91.9 Å². The van der Waals surface area contributed by atoms with Gasteiger partial charge in [0.2, 0.25) is 0 Å². The molecule has 9 heteroatoms. The van der Waals surface area contributed by atoms with E-state index in [1.165, 1.54) is 10.6 Å². The van der Waals surface area contributed by atoms with Gasteiger partial charge in [-0.25, -0.2) is 18.8 Å². The second-order valence-corrected chi connectivity index (χ2v) is 7.56. The molecule has 6 nitrogen and oxygen atoms in total. The van der Waals surface area contributed by atoms with Crippen LogP contribution in [-0.2, 0) is 18.9 Å². The Balaban J connectivity index is 0.00000166. The zero-order chi connectivity index (χ0) is 23.2. The minimum atomic E-state index is -2.76. The number of aromatic nitrogens is 1. The number of amidine groups is 2. The number of anilines is 1. The summed E-state index contributed by atoms with van der Waals surface area (Å²) in [7, 11) is 0. The first-order valence-corrected chi connectivity index (χ1v) is 10.8. The monoisotopic (exact) mass is 492 g/mol. The predicted octanol–water partition coefficient (Wildman–Crippen LogP) is 5.29. The van der Waals surface area contributed by atoms with Crippen LogP contribution in [0.1, 0.15) is 50.8 Å². The number of fused-ring (bicyclic) bond motifs is 1. The van der Waals surface area contributed by atoms with Crippen molar-refractivity contribution in [3.63, 3.8) is 0 Å². The maximum atomic E-state index is 13.9. The number of nitrogens with one attached hydrogen (secondary N) is 1. The van der Waals surface area contributed by atoms with Crippen LogP contribution in [0.25, 0.3) is 0 Å². The number of halogens is 3. The van der Waals surface area contributed by atoms with E-state index >= 15 is 0 Å². The number of nitrogen functional groups attached to an aromatic ring is 1. The van der Waals surface area contributed by atoms with E-state index in [1.807, 2.05) is 19.9 Å². The van der Waals surface area contributed by atoms with Crippen LogP contribution in [-0.4, -0.2) is 22.6 Å². The first kappa shape index (κ1) is 24.6. The summed E-state index contributed by atoms with van der Waals surface area (Å²) in [5.41, 5.74) is 7.99. The summed E-state index contributed by atoms with van der Waals surface area (Å²) < 4.78 is 29.9. The van der Waals surface area contributed by atoms with Crippen molar-refractivity contribution in [2.24, 2.45) is 15.0 Å². The number of benzene rings is 1. The molecular formula is C22H27BrF2N6. The molecule has 0 bridgehead atoms. The number of rotatable bonds is 3. The Morgan fingerprint density at radius 1 is 1.23 bits per heavy atom. The molecule has 1 aromatic heterocycles. The van der Waals surface area contributed by atoms with Gasteiger partial charge in [0.25, 0.3) is 5.92 Å². The Kier molecular flexibility index (Phi) is 8.38. The normalized spacial score (nSPS) is 15.9. The van der Waals surface area contributed by atoms with Crippen LogP contribution in [0.3, 0.4) is 0 Å². The highest BCUT2D eigenvalue weighted by molar-refractivity contribution is 9.10. The second-order valence-electron chi connectivity index (χ2n) is 6.71. The van der Waals surface area contributed by atoms with Crippen molar-refractivity contribution in [3.8, 4) is 0 Å². The van der Waals surface area contributed by atoms with Gasteiger partial charge in [-0.15, -0.1) is 0 Å². The number of hydrogen-bond acceptors (Lipinski definition) is 3. The first-order chi connectivity index (χ1) is 14.7. The number of alkyl halides is 2. The van der Waals surface area contributed by atoms with Crippen LogP contribution in [0.15, 0.2) is 49.8 Å². The minimum Gasteiger partial charge on any atom is -0.384 e. The molecule has 0 atom stereocenters. The van der Waals surface area contributed by atoms with Crippen LogP contribution in [0.2, 0.25) is 0 Å². The average molecular weight is 493 g/mol. The molecule has 0 radical (unpaired) electrons. The van der Waals surface area contributed by atoms with Gasteiger partial charge in [-0.2, -0.15) is 0 Å². The van der Waals surface area contributed by atoms with E-state index in [2.05, 4.69) is 30.9 Å². The molecule has 0 unspecified atom stereocenters. The molecule has 1 aliphatic carbocycles. The van der Waals surface area contributed by atoms with Crippen molar-refractivity contribution in [1.82, 2.24) is 4.57 Å². The van der Waals surface area contributed by atoms with Crippen molar-refractivity contribution in [1.29, 1.82) is 5.41 Å². The standard InChI is InChI=1S/C20H21BrF2N6.C2H6/c1-12(26-10-14-4-3-5-16-15(14)8-9-20(16,22)23)27-13(2)28-18-7-6-17(21)19(25)29(18)11-24;1-2/h3-7,11,24H,8-10,25H2,1-2H3;1-2H3. The number of hydrogen-bond donors (Lipinski definition) is 2. The molecule has 1 aliphatic rings. The Morgan fingerprint density at radius 3 is 2.61 bits per heavy atom. The minimum absolute atomic E-state index is 0.113. The molecule has 3 N–H and O–H groups in total. The van der Waals surface area contributed by atoms with E-state index in [-0.39, 0.29) is 18.5 Å². The molecule has 1 aromatic carbocycles. The van der Waals surface area contributed by atoms with Crippen molar-refractivity contribution < 1.29 is 8.78 Å². The second kappa shape index (κ2) is 10.6. The lowest BCUT2D eigenvalue weighted by molar-refractivity contribution is -0.00184. The summed E-state index contributed by atoms with van der Waals surface area (Å²) in [5.74, 6) is -1.48. The molecular weight excluding hydrogens is 466 g/mol. The van der Waals surface area contributed by atoms with Crippen LogP contribution in [0, 0.1) is 5.41 Å². The van der Waals surface area contributed by atoms with Gasteiger partial charge >= 0.3 is 0 Å². The first-order valence-electron chi connectivity index (χ1n) is 10.00. The average Bonchev–Trinajstić information content (AvgIpc) is 3.06. The summed E-state index contributed by atoms with van der Waals surface area (Å²) in [5, 5.41) is 7.52. The van der Waals surface area contributed by atoms with E-state index in [0.717, 1.165) is 11.9 Å². The van der Waals surface area contributed by atoms with E-state index in [4.69, 9.17) is 11.1 Å². The zero-order valence-corrected chi connectivity index (χ0v) is 19.7. The van der Waals surface area contributed by atoms with Crippen LogP contribution in [0.4, 0.5) is 14.6 Å². The molecule has 2 aromatic rings. The Bertz CT molecular complexity index is 1090. The van der Waals surface area contributed by atoms with Gasteiger partial charge in [-0.3, -0.25) is 15.0 Å². The third-order valence-corrected chi connectivity index (χ3v) is 5.36. The largest absolute Gasteiger partial charge is 0.384 e. The molecule has 3 rings (SSSR count). The number of aliphatic imine (C=N–C) groups is 2. The fraction of sp³-hybridized carbons (Fsp3) is 0.364. The molecule has 0 spiro atoms. The van der Waals surface area contributed by atoms with Crippen molar-refractivity contribution >= 4 is 39.8 Å². The van der Waals surface area contributed by atoms with Crippen LogP contribution in [0.5, 0.6) is 0 Å². The van der Waals surface area contributed by atoms with Crippen molar-refractivity contribution in [2.45, 2.75) is 53.0 Å². The predicted molar refractivity (Wildman–Crippen MR) is 126 cm³/mol. The van der Waals surface area contributed by atoms with Gasteiger partial charge < -0.3 is 5.73 Å². The third kappa shape index (κ3) is 5.72. The molecule has 0 saturated carbocycles. The smallest absolute Gasteiger partial charge is 0.273 e. The highest BCUT2D eigenvalue weighted by Gasteiger charge is 2.39. The maximum absolute atomic E-state index is 13.9. The molecule has 1 heterocycles. The fourth-order valence-corrected chi connectivity index (χ4v) is 3.60. The molecule has 0 amide bonds. The van der Waals surface area contributed by atoms with Crippen LogP contribution < -0.4 is 11.2 Å². The summed E-state index contributed by atoms with van der Waals surface area (Å²) in [4.78, 5) is 13.1. The van der Waals surface area contributed by atoms with Gasteiger partial charge in [0.1, 0.15) is 23.0 Å². The van der Waals surface area contributed by atoms with Gasteiger partial charge in [0.15, 0.2) is 0 Å². The lowest BCUT2D eigenvalue weighted by atomic mass is 10.0. The highest BCUT2D eigenvalue weighted by Crippen LogP contribution is 2.42. The Labute approximate surface area is 189 Å². The summed E-state index contributed by atoms with van der Waals surface area (Å²) >= 11 is 3.31. The Morgan fingerprint density at radius 2 is 1.94 bits per heavy atom. The summed E-state index contributed by atoms with van der Waals surface area (Å²) in [6.45, 7) is 7.73. The summed E-state index contributed by atoms with van der Waals surface area (Å²) in [6, 6.07) is 8.43. The molecule has 0 aliphatic heterocycles. The number of pyridine rings is 1. The van der Waals surface area contributed by atoms with Gasteiger partial charge in [0, 0.05) is 12.0 Å². The van der Waals surface area contributed by atoms with Gasteiger partial charge in [-0.05, 0) is 59.5 Å². The Hall–Kier alpha value is -2.68.